The van der Waals surface area contributed by atoms with Crippen LogP contribution in [0.5, 0.6) is 0 Å². The van der Waals surface area contributed by atoms with Crippen molar-refractivity contribution in [3.05, 3.63) is 0 Å². The Hall–Kier alpha value is -0.150. The monoisotopic (exact) mass is 147 g/mol. The Kier molecular flexibility index (Phi) is 5.88. The van der Waals surface area contributed by atoms with Crippen molar-refractivity contribution in [2.75, 3.05) is 26.8 Å². The first-order valence-electron chi connectivity index (χ1n) is 3.03. The van der Waals surface area contributed by atoms with Crippen molar-refractivity contribution in [3.63, 3.8) is 0 Å². The minimum atomic E-state index is 0.751. The fourth-order valence-corrected chi connectivity index (χ4v) is 0.748. The van der Waals surface area contributed by atoms with Crippen LogP contribution in [0.2, 0.25) is 0 Å². The van der Waals surface area contributed by atoms with Crippen LogP contribution in [0.1, 0.15) is 6.92 Å². The number of rotatable bonds is 5. The molecule has 9 heavy (non-hydrogen) atoms. The molecule has 54 valence electrons. The van der Waals surface area contributed by atoms with Crippen LogP contribution in [0.4, 0.5) is 0 Å². The Morgan fingerprint density at radius 2 is 2.33 bits per heavy atom. The molecular weight excluding hydrogens is 134 g/mol. The van der Waals surface area contributed by atoms with Crippen LogP contribution >= 0.6 is 12.2 Å². The molecule has 0 aliphatic rings. The fraction of sp³-hybridized carbons (Fsp3) is 0.833. The average molecular weight is 147 g/mol. The SMILES string of the molecule is CCN(C=S)CCOC. The smallest absolute Gasteiger partial charge is 0.0641 e. The van der Waals surface area contributed by atoms with Gasteiger partial charge in [-0.2, -0.15) is 0 Å². The third kappa shape index (κ3) is 4.36. The van der Waals surface area contributed by atoms with Crippen molar-refractivity contribution in [1.82, 2.24) is 4.90 Å². The summed E-state index contributed by atoms with van der Waals surface area (Å²) in [5, 5.41) is 0. The van der Waals surface area contributed by atoms with Gasteiger partial charge in [0.2, 0.25) is 0 Å². The summed E-state index contributed by atoms with van der Waals surface area (Å²) in [6, 6.07) is 0. The van der Waals surface area contributed by atoms with Gasteiger partial charge < -0.3 is 9.64 Å². The normalized spacial score (nSPS) is 9.11. The van der Waals surface area contributed by atoms with E-state index in [9.17, 15) is 0 Å². The summed E-state index contributed by atoms with van der Waals surface area (Å²) in [4.78, 5) is 2.03. The molecule has 0 aliphatic carbocycles. The number of ether oxygens (including phenoxy) is 1. The van der Waals surface area contributed by atoms with Gasteiger partial charge in [0.15, 0.2) is 0 Å². The van der Waals surface area contributed by atoms with E-state index in [0.29, 0.717) is 0 Å². The zero-order valence-corrected chi connectivity index (χ0v) is 6.78. The minimum Gasteiger partial charge on any atom is -0.383 e. The molecule has 0 unspecified atom stereocenters. The van der Waals surface area contributed by atoms with Crippen LogP contribution in [0.3, 0.4) is 0 Å². The summed E-state index contributed by atoms with van der Waals surface area (Å²) in [6.45, 7) is 4.68. The van der Waals surface area contributed by atoms with E-state index in [1.54, 1.807) is 12.6 Å². The highest BCUT2D eigenvalue weighted by atomic mass is 32.1. The Labute approximate surface area is 61.8 Å². The number of hydrogen-bond donors (Lipinski definition) is 0. The molecule has 0 atom stereocenters. The average Bonchev–Trinajstić information content (AvgIpc) is 1.91. The fourth-order valence-electron chi connectivity index (χ4n) is 0.494. The lowest BCUT2D eigenvalue weighted by molar-refractivity contribution is 0.179. The summed E-state index contributed by atoms with van der Waals surface area (Å²) < 4.78 is 4.87. The predicted octanol–water partition coefficient (Wildman–Crippen LogP) is 0.912. The number of likely N-dealkylation sites (N-methyl/N-ethyl adjacent to an activating group) is 1. The van der Waals surface area contributed by atoms with Gasteiger partial charge in [0.1, 0.15) is 0 Å². The molecule has 0 aromatic heterocycles. The molecule has 0 saturated carbocycles. The molecule has 0 N–H and O–H groups in total. The molecular formula is C6H13NOS. The molecule has 0 aromatic carbocycles. The van der Waals surface area contributed by atoms with E-state index < -0.39 is 0 Å². The van der Waals surface area contributed by atoms with Crippen molar-refractivity contribution in [2.45, 2.75) is 6.92 Å². The highest BCUT2D eigenvalue weighted by molar-refractivity contribution is 7.78. The van der Waals surface area contributed by atoms with Gasteiger partial charge >= 0.3 is 0 Å². The van der Waals surface area contributed by atoms with Crippen molar-refractivity contribution < 1.29 is 4.74 Å². The van der Waals surface area contributed by atoms with Gasteiger partial charge in [0.05, 0.1) is 12.1 Å². The molecule has 0 aromatic rings. The lowest BCUT2D eigenvalue weighted by Crippen LogP contribution is -2.24. The molecule has 0 saturated heterocycles. The Morgan fingerprint density at radius 3 is 2.67 bits per heavy atom. The van der Waals surface area contributed by atoms with Crippen LogP contribution in [0.25, 0.3) is 0 Å². The van der Waals surface area contributed by atoms with Gasteiger partial charge in [0, 0.05) is 20.2 Å². The zero-order valence-electron chi connectivity index (χ0n) is 5.96. The maximum absolute atomic E-state index is 4.87. The summed E-state index contributed by atoms with van der Waals surface area (Å²) in [7, 11) is 1.69. The summed E-state index contributed by atoms with van der Waals surface area (Å²) >= 11 is 4.73. The van der Waals surface area contributed by atoms with E-state index >= 15 is 0 Å². The van der Waals surface area contributed by atoms with E-state index in [1.807, 2.05) is 4.90 Å². The number of thiocarbonyl (C=S) groups is 1. The van der Waals surface area contributed by atoms with E-state index in [-0.39, 0.29) is 0 Å². The van der Waals surface area contributed by atoms with Gasteiger partial charge in [-0.1, -0.05) is 12.2 Å². The molecule has 2 nitrogen and oxygen atoms in total. The van der Waals surface area contributed by atoms with E-state index in [2.05, 4.69) is 6.92 Å². The molecule has 0 rings (SSSR count). The van der Waals surface area contributed by atoms with Gasteiger partial charge in [-0.15, -0.1) is 0 Å². The predicted molar refractivity (Wildman–Crippen MR) is 42.8 cm³/mol. The van der Waals surface area contributed by atoms with Crippen LogP contribution < -0.4 is 0 Å². The first-order valence-corrected chi connectivity index (χ1v) is 3.50. The lowest BCUT2D eigenvalue weighted by Gasteiger charge is -2.14. The van der Waals surface area contributed by atoms with Crippen LogP contribution in [-0.2, 0) is 4.74 Å². The van der Waals surface area contributed by atoms with E-state index in [4.69, 9.17) is 17.0 Å². The summed E-state index contributed by atoms with van der Waals surface area (Å²) in [5.74, 6) is 0. The van der Waals surface area contributed by atoms with Gasteiger partial charge in [-0.05, 0) is 6.92 Å². The van der Waals surface area contributed by atoms with Crippen molar-refractivity contribution in [1.29, 1.82) is 0 Å². The number of hydrogen-bond acceptors (Lipinski definition) is 2. The molecule has 0 aliphatic heterocycles. The molecule has 0 fully saturated rings. The quantitative estimate of drug-likeness (QED) is 0.536. The topological polar surface area (TPSA) is 12.5 Å². The standard InChI is InChI=1S/C6H13NOS/c1-3-7(6-9)4-5-8-2/h6H,3-5H2,1-2H3. The molecule has 3 heteroatoms. The Balaban J connectivity index is 3.20. The Bertz CT molecular complexity index is 77.5. The van der Waals surface area contributed by atoms with Crippen LogP contribution in [-0.4, -0.2) is 37.2 Å². The third-order valence-corrected chi connectivity index (χ3v) is 1.44. The lowest BCUT2D eigenvalue weighted by atomic mass is 10.5. The minimum absolute atomic E-state index is 0.751. The molecule has 0 radical (unpaired) electrons. The van der Waals surface area contributed by atoms with Crippen molar-refractivity contribution in [3.8, 4) is 0 Å². The van der Waals surface area contributed by atoms with Crippen LogP contribution in [0.15, 0.2) is 0 Å². The van der Waals surface area contributed by atoms with Crippen molar-refractivity contribution >= 4 is 17.7 Å². The Morgan fingerprint density at radius 1 is 1.67 bits per heavy atom. The molecule has 0 heterocycles. The highest BCUT2D eigenvalue weighted by Gasteiger charge is 1.91. The third-order valence-electron chi connectivity index (χ3n) is 1.14. The number of methoxy groups -OCH3 is 1. The van der Waals surface area contributed by atoms with E-state index in [1.165, 1.54) is 0 Å². The second-order valence-corrected chi connectivity index (χ2v) is 1.94. The van der Waals surface area contributed by atoms with Crippen molar-refractivity contribution in [2.24, 2.45) is 0 Å². The molecule has 0 amide bonds. The van der Waals surface area contributed by atoms with Gasteiger partial charge in [-0.25, -0.2) is 0 Å². The summed E-state index contributed by atoms with van der Waals surface area (Å²) in [6.07, 6.45) is 0. The van der Waals surface area contributed by atoms with Gasteiger partial charge in [0.25, 0.3) is 0 Å². The second kappa shape index (κ2) is 5.98. The maximum Gasteiger partial charge on any atom is 0.0641 e. The van der Waals surface area contributed by atoms with Crippen LogP contribution in [0, 0.1) is 0 Å². The van der Waals surface area contributed by atoms with Gasteiger partial charge in [-0.3, -0.25) is 0 Å². The largest absolute Gasteiger partial charge is 0.383 e. The second-order valence-electron chi connectivity index (χ2n) is 1.73. The number of nitrogens with zero attached hydrogens (tertiary/aromatic N) is 1. The maximum atomic E-state index is 4.87. The first-order chi connectivity index (χ1) is 4.35. The first kappa shape index (κ1) is 8.85. The summed E-state index contributed by atoms with van der Waals surface area (Å²) in [5.41, 5.74) is 1.67. The van der Waals surface area contributed by atoms with E-state index in [0.717, 1.165) is 19.7 Å². The molecule has 0 bridgehead atoms. The zero-order chi connectivity index (χ0) is 7.11. The highest BCUT2D eigenvalue weighted by Crippen LogP contribution is 1.81. The molecule has 0 spiro atoms.